The maximum Gasteiger partial charge on any atom is 0.272 e. The van der Waals surface area contributed by atoms with E-state index in [9.17, 15) is 14.0 Å². The number of primary amides is 1. The van der Waals surface area contributed by atoms with Gasteiger partial charge in [0.15, 0.2) is 5.16 Å². The van der Waals surface area contributed by atoms with Crippen molar-refractivity contribution >= 4 is 23.6 Å². The van der Waals surface area contributed by atoms with Gasteiger partial charge >= 0.3 is 0 Å². The van der Waals surface area contributed by atoms with Gasteiger partial charge < -0.3 is 10.6 Å². The monoisotopic (exact) mass is 362 g/mol. The van der Waals surface area contributed by atoms with Crippen LogP contribution in [0.4, 0.5) is 4.39 Å². The second-order valence-corrected chi connectivity index (χ2v) is 6.68. The van der Waals surface area contributed by atoms with Crippen LogP contribution in [0.15, 0.2) is 35.6 Å². The molecule has 1 fully saturated rings. The average Bonchev–Trinajstić information content (AvgIpc) is 3.06. The number of rotatable bonds is 4. The van der Waals surface area contributed by atoms with Crippen LogP contribution in [-0.2, 0) is 4.79 Å². The molecule has 1 aromatic heterocycles. The highest BCUT2D eigenvalue weighted by molar-refractivity contribution is 7.98. The van der Waals surface area contributed by atoms with Crippen molar-refractivity contribution in [3.8, 4) is 5.69 Å². The third-order valence-corrected chi connectivity index (χ3v) is 5.05. The summed E-state index contributed by atoms with van der Waals surface area (Å²) >= 11 is 1.41. The lowest BCUT2D eigenvalue weighted by Crippen LogP contribution is -2.42. The Morgan fingerprint density at radius 3 is 2.44 bits per heavy atom. The topological polar surface area (TPSA) is 81.2 Å². The molecule has 2 N–H and O–H groups in total. The quantitative estimate of drug-likeness (QED) is 0.845. The zero-order valence-electron chi connectivity index (χ0n) is 13.8. The van der Waals surface area contributed by atoms with Gasteiger partial charge in [-0.05, 0) is 43.4 Å². The van der Waals surface area contributed by atoms with E-state index < -0.39 is 0 Å². The summed E-state index contributed by atoms with van der Waals surface area (Å²) in [7, 11) is 0. The Hall–Kier alpha value is -2.35. The molecule has 1 aromatic carbocycles. The minimum atomic E-state index is -0.337. The number of piperidine rings is 1. The largest absolute Gasteiger partial charge is 0.369 e. The van der Waals surface area contributed by atoms with Crippen LogP contribution in [0.5, 0.6) is 0 Å². The lowest BCUT2D eigenvalue weighted by Gasteiger charge is -2.30. The number of nitrogens with two attached hydrogens (primary N) is 1. The molecule has 0 atom stereocenters. The molecule has 2 amide bonds. The third kappa shape index (κ3) is 3.53. The van der Waals surface area contributed by atoms with E-state index in [4.69, 9.17) is 5.73 Å². The first kappa shape index (κ1) is 17.5. The maximum absolute atomic E-state index is 13.2. The van der Waals surface area contributed by atoms with Gasteiger partial charge in [0.1, 0.15) is 11.5 Å². The first-order valence-corrected chi connectivity index (χ1v) is 9.20. The summed E-state index contributed by atoms with van der Waals surface area (Å²) in [4.78, 5) is 30.2. The van der Waals surface area contributed by atoms with Crippen molar-refractivity contribution in [1.82, 2.24) is 14.5 Å². The summed E-state index contributed by atoms with van der Waals surface area (Å²) in [6.07, 6.45) is 4.55. The van der Waals surface area contributed by atoms with E-state index in [2.05, 4.69) is 4.98 Å². The minimum absolute atomic E-state index is 0.153. The van der Waals surface area contributed by atoms with E-state index in [0.29, 0.717) is 42.5 Å². The first-order chi connectivity index (χ1) is 12.0. The molecule has 0 radical (unpaired) electrons. The zero-order chi connectivity index (χ0) is 18.0. The summed E-state index contributed by atoms with van der Waals surface area (Å²) < 4.78 is 14.9. The fourth-order valence-corrected chi connectivity index (χ4v) is 3.54. The number of carbonyl (C=O) groups excluding carboxylic acids is 2. The van der Waals surface area contributed by atoms with E-state index in [1.54, 1.807) is 21.6 Å². The molecule has 0 unspecified atom stereocenters. The molecule has 6 nitrogen and oxygen atoms in total. The number of nitrogens with zero attached hydrogens (tertiary/aromatic N) is 3. The Bertz CT molecular complexity index is 782. The third-order valence-electron chi connectivity index (χ3n) is 4.40. The van der Waals surface area contributed by atoms with Crippen LogP contribution in [0.3, 0.4) is 0 Å². The number of hydrogen-bond donors (Lipinski definition) is 1. The molecule has 3 rings (SSSR count). The van der Waals surface area contributed by atoms with Gasteiger partial charge in [0.25, 0.3) is 5.91 Å². The maximum atomic E-state index is 13.2. The van der Waals surface area contributed by atoms with E-state index >= 15 is 0 Å². The predicted octanol–water partition coefficient (Wildman–Crippen LogP) is 2.07. The highest BCUT2D eigenvalue weighted by atomic mass is 32.2. The molecule has 0 spiro atoms. The fourth-order valence-electron chi connectivity index (χ4n) is 3.00. The number of carbonyl (C=O) groups is 2. The van der Waals surface area contributed by atoms with Crippen LogP contribution in [0.1, 0.15) is 23.3 Å². The van der Waals surface area contributed by atoms with Crippen LogP contribution in [0.25, 0.3) is 5.69 Å². The second kappa shape index (κ2) is 7.26. The smallest absolute Gasteiger partial charge is 0.272 e. The Kier molecular flexibility index (Phi) is 5.08. The van der Waals surface area contributed by atoms with Crippen LogP contribution >= 0.6 is 11.8 Å². The van der Waals surface area contributed by atoms with Crippen molar-refractivity contribution in [2.75, 3.05) is 19.3 Å². The molecule has 0 saturated carbocycles. The van der Waals surface area contributed by atoms with Gasteiger partial charge in [-0.15, -0.1) is 0 Å². The predicted molar refractivity (Wildman–Crippen MR) is 93.1 cm³/mol. The van der Waals surface area contributed by atoms with Crippen molar-refractivity contribution in [3.63, 3.8) is 0 Å². The molecule has 2 aromatic rings. The minimum Gasteiger partial charge on any atom is -0.369 e. The Morgan fingerprint density at radius 2 is 1.88 bits per heavy atom. The SMILES string of the molecule is CSc1ncc(C(=O)N2CCC(C(N)=O)CC2)n1-c1ccc(F)cc1. The van der Waals surface area contributed by atoms with Gasteiger partial charge in [-0.1, -0.05) is 11.8 Å². The van der Waals surface area contributed by atoms with Crippen LogP contribution in [0, 0.1) is 11.7 Å². The first-order valence-electron chi connectivity index (χ1n) is 7.97. The van der Waals surface area contributed by atoms with Gasteiger partial charge in [0.2, 0.25) is 5.91 Å². The van der Waals surface area contributed by atoms with Crippen LogP contribution in [0.2, 0.25) is 0 Å². The number of amides is 2. The molecule has 25 heavy (non-hydrogen) atoms. The number of likely N-dealkylation sites (tertiary alicyclic amines) is 1. The summed E-state index contributed by atoms with van der Waals surface area (Å²) in [5, 5.41) is 0.655. The highest BCUT2D eigenvalue weighted by Crippen LogP contribution is 2.25. The Morgan fingerprint density at radius 1 is 1.24 bits per heavy atom. The van der Waals surface area contributed by atoms with E-state index in [1.807, 2.05) is 6.26 Å². The van der Waals surface area contributed by atoms with Crippen molar-refractivity contribution < 1.29 is 14.0 Å². The lowest BCUT2D eigenvalue weighted by molar-refractivity contribution is -0.123. The van der Waals surface area contributed by atoms with Gasteiger partial charge in [0.05, 0.1) is 6.20 Å². The molecular weight excluding hydrogens is 343 g/mol. The van der Waals surface area contributed by atoms with Crippen molar-refractivity contribution in [3.05, 3.63) is 42.0 Å². The lowest BCUT2D eigenvalue weighted by atomic mass is 9.96. The molecule has 132 valence electrons. The molecule has 2 heterocycles. The van der Waals surface area contributed by atoms with Crippen molar-refractivity contribution in [2.24, 2.45) is 11.7 Å². The number of benzene rings is 1. The second-order valence-electron chi connectivity index (χ2n) is 5.91. The normalized spacial score (nSPS) is 15.4. The number of thioether (sulfide) groups is 1. The molecule has 8 heteroatoms. The zero-order valence-corrected chi connectivity index (χ0v) is 14.6. The van der Waals surface area contributed by atoms with Gasteiger partial charge in [-0.2, -0.15) is 0 Å². The molecule has 1 saturated heterocycles. The Balaban J connectivity index is 1.87. The standard InChI is InChI=1S/C17H19FN4O2S/c1-25-17-20-10-14(22(17)13-4-2-12(18)3-5-13)16(24)21-8-6-11(7-9-21)15(19)23/h2-5,10-11H,6-9H2,1H3,(H2,19,23). The number of hydrogen-bond acceptors (Lipinski definition) is 4. The van der Waals surface area contributed by atoms with Gasteiger partial charge in [-0.25, -0.2) is 9.37 Å². The van der Waals surface area contributed by atoms with Crippen molar-refractivity contribution in [2.45, 2.75) is 18.0 Å². The average molecular weight is 362 g/mol. The number of halogens is 1. The van der Waals surface area contributed by atoms with Crippen molar-refractivity contribution in [1.29, 1.82) is 0 Å². The summed E-state index contributed by atoms with van der Waals surface area (Å²) in [6.45, 7) is 0.964. The van der Waals surface area contributed by atoms with Crippen LogP contribution in [-0.4, -0.2) is 45.6 Å². The molecule has 0 aliphatic carbocycles. The summed E-state index contributed by atoms with van der Waals surface area (Å²) in [5.41, 5.74) is 6.45. The summed E-state index contributed by atoms with van der Waals surface area (Å²) in [6, 6.07) is 5.94. The van der Waals surface area contributed by atoms with E-state index in [1.165, 1.54) is 30.1 Å². The molecule has 1 aliphatic rings. The van der Waals surface area contributed by atoms with E-state index in [0.717, 1.165) is 0 Å². The molecular formula is C17H19FN4O2S. The van der Waals surface area contributed by atoms with Crippen LogP contribution < -0.4 is 5.73 Å². The highest BCUT2D eigenvalue weighted by Gasteiger charge is 2.29. The number of aromatic nitrogens is 2. The number of imidazole rings is 1. The van der Waals surface area contributed by atoms with Gasteiger partial charge in [0, 0.05) is 24.7 Å². The molecule has 0 bridgehead atoms. The Labute approximate surface area is 149 Å². The molecule has 1 aliphatic heterocycles. The van der Waals surface area contributed by atoms with Gasteiger partial charge in [-0.3, -0.25) is 14.2 Å². The fraction of sp³-hybridized carbons (Fsp3) is 0.353. The summed E-state index contributed by atoms with van der Waals surface area (Å²) in [5.74, 6) is -0.975. The van der Waals surface area contributed by atoms with E-state index in [-0.39, 0.29) is 23.5 Å².